The SMILES string of the molecule is CCCCCCCCC1(CCCCCCCC)c2cc(-c3cc(C)cc(C)c3)ccc2-c2ccc(-c3ccc4c(c3)C(CCCC[N+](C)(C)C)(CCC[N+](C)(C)C)c3cc(-c5cc(C)cc(C)c5)ccc3-4)cc21.[I-].[I-]. The maximum absolute atomic E-state index is 2.71. The third kappa shape index (κ3) is 14.5. The van der Waals surface area contributed by atoms with E-state index in [4.69, 9.17) is 0 Å². The normalized spacial score (nSPS) is 15.2. The summed E-state index contributed by atoms with van der Waals surface area (Å²) in [4.78, 5) is 0. The van der Waals surface area contributed by atoms with Crippen LogP contribution in [-0.2, 0) is 10.8 Å². The van der Waals surface area contributed by atoms with Crippen LogP contribution in [-0.4, -0.2) is 64.3 Å². The standard InChI is InChI=1S/C71H96N2.2HI/c1-13-15-17-19-21-23-36-70(37-24-22-20-18-16-14-2)66-48-56(28-32-62(66)64-34-30-58(50-68(64)70)60-44-52(3)42-53(4)45-60)57-29-33-63-65-35-31-59(61-46-54(5)43-55(6)47-61)51-69(65)71(67(63)49-57,39-27-41-73(10,11)12)38-25-26-40-72(7,8)9;;/h28-35,42-51H,13-27,36-41H2,1-12H3;2*1H/q+2;;/p-2. The fourth-order valence-corrected chi connectivity index (χ4v) is 13.6. The van der Waals surface area contributed by atoms with Gasteiger partial charge in [-0.15, -0.1) is 0 Å². The van der Waals surface area contributed by atoms with E-state index in [9.17, 15) is 0 Å². The van der Waals surface area contributed by atoms with E-state index in [0.29, 0.717) is 0 Å². The Bertz CT molecular complexity index is 2780. The second kappa shape index (κ2) is 26.6. The molecular weight excluding hydrogens is 1130 g/mol. The topological polar surface area (TPSA) is 0 Å². The summed E-state index contributed by atoms with van der Waals surface area (Å²) in [5, 5.41) is 0. The van der Waals surface area contributed by atoms with Crippen molar-refractivity contribution in [3.05, 3.63) is 154 Å². The molecule has 0 aromatic heterocycles. The van der Waals surface area contributed by atoms with Crippen molar-refractivity contribution in [1.29, 1.82) is 0 Å². The summed E-state index contributed by atoms with van der Waals surface area (Å²) in [5.74, 6) is 0. The molecule has 0 saturated heterocycles. The third-order valence-corrected chi connectivity index (χ3v) is 17.2. The molecule has 1 unspecified atom stereocenters. The van der Waals surface area contributed by atoms with Crippen LogP contribution in [0.25, 0.3) is 55.6 Å². The van der Waals surface area contributed by atoms with Crippen LogP contribution in [0.3, 0.4) is 0 Å². The molecule has 0 spiro atoms. The number of rotatable bonds is 26. The number of aryl methyl sites for hydroxylation is 4. The monoisotopic (exact) mass is 1230 g/mol. The molecule has 8 rings (SSSR count). The van der Waals surface area contributed by atoms with E-state index < -0.39 is 0 Å². The number of hydrogen-bond acceptors (Lipinski definition) is 0. The number of benzene rings is 6. The lowest BCUT2D eigenvalue weighted by atomic mass is 9.69. The molecule has 2 nitrogen and oxygen atoms in total. The van der Waals surface area contributed by atoms with Crippen molar-refractivity contribution in [2.45, 2.75) is 174 Å². The molecular formula is C71H96I2N2. The molecule has 0 radical (unpaired) electrons. The van der Waals surface area contributed by atoms with Crippen LogP contribution in [0.4, 0.5) is 0 Å². The van der Waals surface area contributed by atoms with Gasteiger partial charge in [-0.25, -0.2) is 0 Å². The minimum atomic E-state index is -0.0631. The smallest absolute Gasteiger partial charge is 0.0780 e. The van der Waals surface area contributed by atoms with Crippen LogP contribution < -0.4 is 48.0 Å². The zero-order valence-corrected chi connectivity index (χ0v) is 53.2. The Morgan fingerprint density at radius 2 is 0.560 bits per heavy atom. The second-order valence-corrected chi connectivity index (χ2v) is 25.6. The molecule has 6 aromatic carbocycles. The van der Waals surface area contributed by atoms with Crippen molar-refractivity contribution in [3.8, 4) is 55.6 Å². The van der Waals surface area contributed by atoms with Crippen molar-refractivity contribution in [3.63, 3.8) is 0 Å². The molecule has 0 amide bonds. The van der Waals surface area contributed by atoms with Gasteiger partial charge in [-0.1, -0.05) is 198 Å². The van der Waals surface area contributed by atoms with Crippen LogP contribution >= 0.6 is 0 Å². The molecule has 0 N–H and O–H groups in total. The molecule has 0 saturated carbocycles. The molecule has 0 heterocycles. The highest BCUT2D eigenvalue weighted by molar-refractivity contribution is 5.89. The average molecular weight is 1230 g/mol. The van der Waals surface area contributed by atoms with Gasteiger partial charge < -0.3 is 56.9 Å². The quantitative estimate of drug-likeness (QED) is 0.0288. The first-order valence-electron chi connectivity index (χ1n) is 29.3. The fraction of sp³-hybridized carbons (Fsp3) is 0.493. The van der Waals surface area contributed by atoms with Gasteiger partial charge in [0, 0.05) is 10.8 Å². The summed E-state index contributed by atoms with van der Waals surface area (Å²) in [7, 11) is 14.2. The van der Waals surface area contributed by atoms with Crippen LogP contribution in [0.1, 0.15) is 180 Å². The minimum Gasteiger partial charge on any atom is -1.00 e. The number of halogens is 2. The van der Waals surface area contributed by atoms with E-state index in [1.54, 1.807) is 22.3 Å². The van der Waals surface area contributed by atoms with Crippen LogP contribution in [0.2, 0.25) is 0 Å². The largest absolute Gasteiger partial charge is 1.00 e. The number of hydrogen-bond donors (Lipinski definition) is 0. The van der Waals surface area contributed by atoms with Crippen LogP contribution in [0.15, 0.2) is 109 Å². The van der Waals surface area contributed by atoms with E-state index in [2.05, 4.69) is 193 Å². The lowest BCUT2D eigenvalue weighted by Gasteiger charge is -2.35. The summed E-state index contributed by atoms with van der Waals surface area (Å²) in [6, 6.07) is 44.8. The van der Waals surface area contributed by atoms with Gasteiger partial charge in [0.1, 0.15) is 0 Å². The summed E-state index contributed by atoms with van der Waals surface area (Å²) >= 11 is 0. The zero-order valence-electron chi connectivity index (χ0n) is 48.9. The molecule has 6 aromatic rings. The van der Waals surface area contributed by atoms with E-state index in [1.165, 1.54) is 200 Å². The predicted molar refractivity (Wildman–Crippen MR) is 319 cm³/mol. The first-order chi connectivity index (χ1) is 34.9. The molecule has 1 atom stereocenters. The van der Waals surface area contributed by atoms with Gasteiger partial charge in [-0.05, 0) is 175 Å². The first-order valence-corrected chi connectivity index (χ1v) is 29.3. The molecule has 0 aliphatic heterocycles. The molecule has 404 valence electrons. The van der Waals surface area contributed by atoms with E-state index >= 15 is 0 Å². The van der Waals surface area contributed by atoms with Gasteiger partial charge in [0.2, 0.25) is 0 Å². The number of fused-ring (bicyclic) bond motifs is 6. The van der Waals surface area contributed by atoms with Crippen molar-refractivity contribution in [2.75, 3.05) is 55.4 Å². The highest BCUT2D eigenvalue weighted by Gasteiger charge is 2.45. The zero-order chi connectivity index (χ0) is 52.0. The van der Waals surface area contributed by atoms with Crippen LogP contribution in [0, 0.1) is 27.7 Å². The second-order valence-electron chi connectivity index (χ2n) is 25.6. The lowest BCUT2D eigenvalue weighted by molar-refractivity contribution is -0.870. The Hall–Kier alpha value is -3.30. The fourth-order valence-electron chi connectivity index (χ4n) is 13.6. The van der Waals surface area contributed by atoms with Gasteiger partial charge in [-0.3, -0.25) is 0 Å². The van der Waals surface area contributed by atoms with Crippen LogP contribution in [0.5, 0.6) is 0 Å². The predicted octanol–water partition coefficient (Wildman–Crippen LogP) is 13.3. The van der Waals surface area contributed by atoms with Crippen molar-refractivity contribution < 1.29 is 56.9 Å². The summed E-state index contributed by atoms with van der Waals surface area (Å²) in [6.07, 6.45) is 24.3. The van der Waals surface area contributed by atoms with Gasteiger partial charge in [0.15, 0.2) is 0 Å². The van der Waals surface area contributed by atoms with Gasteiger partial charge in [-0.2, -0.15) is 0 Å². The Labute approximate surface area is 492 Å². The number of unbranched alkanes of at least 4 members (excludes halogenated alkanes) is 11. The molecule has 2 aliphatic rings. The van der Waals surface area contributed by atoms with E-state index in [-0.39, 0.29) is 58.8 Å². The molecule has 0 fully saturated rings. The van der Waals surface area contributed by atoms with Gasteiger partial charge in [0.25, 0.3) is 0 Å². The molecule has 0 bridgehead atoms. The summed E-state index contributed by atoms with van der Waals surface area (Å²) in [6.45, 7) is 16.1. The molecule has 75 heavy (non-hydrogen) atoms. The highest BCUT2D eigenvalue weighted by atomic mass is 127. The highest BCUT2D eigenvalue weighted by Crippen LogP contribution is 2.58. The van der Waals surface area contributed by atoms with E-state index in [1.807, 2.05) is 0 Å². The van der Waals surface area contributed by atoms with E-state index in [0.717, 1.165) is 21.9 Å². The minimum absolute atomic E-state index is 0. The Kier molecular flexibility index (Phi) is 21.6. The maximum atomic E-state index is 2.71. The maximum Gasteiger partial charge on any atom is 0.0780 e. The lowest BCUT2D eigenvalue weighted by Crippen LogP contribution is -3.00. The van der Waals surface area contributed by atoms with Gasteiger partial charge in [0.05, 0.1) is 55.4 Å². The Morgan fingerprint density at radius 3 is 0.880 bits per heavy atom. The summed E-state index contributed by atoms with van der Waals surface area (Å²) < 4.78 is 2.00. The first kappa shape index (κ1) is 60.9. The average Bonchev–Trinajstić information content (AvgIpc) is 3.76. The Morgan fingerprint density at radius 1 is 0.293 bits per heavy atom. The molecule has 4 heteroatoms. The van der Waals surface area contributed by atoms with Crippen molar-refractivity contribution in [1.82, 2.24) is 0 Å². The van der Waals surface area contributed by atoms with Crippen molar-refractivity contribution in [2.24, 2.45) is 0 Å². The van der Waals surface area contributed by atoms with Crippen molar-refractivity contribution >= 4 is 0 Å². The summed E-state index contributed by atoms with van der Waals surface area (Å²) in [5.41, 5.74) is 25.6. The third-order valence-electron chi connectivity index (χ3n) is 17.2. The Balaban J connectivity index is 0.00000457. The number of nitrogens with zero attached hydrogens (tertiary/aromatic N) is 2. The molecule has 2 aliphatic carbocycles. The number of quaternary nitrogens is 2. The van der Waals surface area contributed by atoms with Gasteiger partial charge >= 0.3 is 0 Å².